The molecule has 0 aliphatic heterocycles. The molecular formula is C69H47N3. The molecule has 3 heteroatoms. The molecule has 0 spiro atoms. The Kier molecular flexibility index (Phi) is 9.75. The molecule has 3 nitrogen and oxygen atoms in total. The fourth-order valence-corrected chi connectivity index (χ4v) is 11.9. The Labute approximate surface area is 419 Å². The molecule has 338 valence electrons. The van der Waals surface area contributed by atoms with E-state index in [0.29, 0.717) is 0 Å². The maximum atomic E-state index is 2.47. The summed E-state index contributed by atoms with van der Waals surface area (Å²) >= 11 is 0. The zero-order chi connectivity index (χ0) is 47.6. The first-order valence-corrected chi connectivity index (χ1v) is 24.8. The van der Waals surface area contributed by atoms with Gasteiger partial charge >= 0.3 is 0 Å². The fourth-order valence-electron chi connectivity index (χ4n) is 11.9. The minimum absolute atomic E-state index is 0.550. The van der Waals surface area contributed by atoms with Gasteiger partial charge in [-0.05, 0) is 146 Å². The van der Waals surface area contributed by atoms with Gasteiger partial charge in [0.2, 0.25) is 0 Å². The number of anilines is 6. The van der Waals surface area contributed by atoms with E-state index < -0.39 is 5.41 Å². The first-order chi connectivity index (χ1) is 35.7. The van der Waals surface area contributed by atoms with Crippen LogP contribution in [0.15, 0.2) is 285 Å². The van der Waals surface area contributed by atoms with E-state index in [0.717, 1.165) is 50.8 Å². The summed E-state index contributed by atoms with van der Waals surface area (Å²) in [6.45, 7) is 0. The van der Waals surface area contributed by atoms with E-state index in [1.165, 1.54) is 65.7 Å². The van der Waals surface area contributed by atoms with Crippen LogP contribution < -0.4 is 9.80 Å². The summed E-state index contributed by atoms with van der Waals surface area (Å²) in [6.07, 6.45) is 0. The fraction of sp³-hybridized carbons (Fsp3) is 0.0145. The number of para-hydroxylation sites is 4. The summed E-state index contributed by atoms with van der Waals surface area (Å²) in [4.78, 5) is 4.90. The minimum atomic E-state index is -0.550. The van der Waals surface area contributed by atoms with Gasteiger partial charge in [-0.2, -0.15) is 0 Å². The predicted octanol–water partition coefficient (Wildman–Crippen LogP) is 18.4. The van der Waals surface area contributed by atoms with Crippen molar-refractivity contribution in [2.75, 3.05) is 9.80 Å². The van der Waals surface area contributed by atoms with Crippen LogP contribution in [0.5, 0.6) is 0 Å². The van der Waals surface area contributed by atoms with Crippen LogP contribution in [0.25, 0.3) is 60.2 Å². The molecule has 0 bridgehead atoms. The average molecular weight is 918 g/mol. The number of hydrogen-bond acceptors (Lipinski definition) is 2. The molecule has 0 saturated carbocycles. The zero-order valence-corrected chi connectivity index (χ0v) is 39.5. The van der Waals surface area contributed by atoms with Gasteiger partial charge in [0.15, 0.2) is 0 Å². The van der Waals surface area contributed by atoms with Gasteiger partial charge in [-0.3, -0.25) is 0 Å². The van der Waals surface area contributed by atoms with Crippen molar-refractivity contribution >= 4 is 77.5 Å². The van der Waals surface area contributed by atoms with Gasteiger partial charge in [0, 0.05) is 39.2 Å². The summed E-state index contributed by atoms with van der Waals surface area (Å²) in [5, 5.41) is 7.23. The highest BCUT2D eigenvalue weighted by Gasteiger charge is 2.46. The van der Waals surface area contributed by atoms with Crippen molar-refractivity contribution < 1.29 is 0 Å². The number of nitrogens with zero attached hydrogens (tertiary/aromatic N) is 3. The SMILES string of the molecule is c1ccc(N(c2ccc3c(c2)-c2cc4ccccc4cc2C3(c2ccccc2)c2ccccc2)c2cc(N(c3ccccc3)c3ccccc3)c3c4ccccc4n(-c4ccc5ccccc5c4)c3c2)cc1. The molecule has 0 N–H and O–H groups in total. The number of aromatic nitrogens is 1. The molecule has 0 unspecified atom stereocenters. The third-order valence-electron chi connectivity index (χ3n) is 14.9. The lowest BCUT2D eigenvalue weighted by molar-refractivity contribution is 0.769. The normalized spacial score (nSPS) is 12.6. The quantitative estimate of drug-likeness (QED) is 0.143. The van der Waals surface area contributed by atoms with Gasteiger partial charge in [0.05, 0.1) is 27.8 Å². The largest absolute Gasteiger partial charge is 0.310 e. The minimum Gasteiger partial charge on any atom is -0.310 e. The standard InChI is InChI=1S/C69H47N3/c1-6-26-52(27-7-1)69(53-28-8-2-9-29-53)63-41-40-58(45-62(63)61-43-50-24-18-19-25-51(50)44-64(61)69)70(54-30-10-3-11-31-54)59-46-66(71(55-32-12-4-13-33-55)56-34-14-5-15-35-56)68-60-36-20-21-37-65(60)72(67(68)47-59)57-39-38-48-22-16-17-23-49(48)42-57/h1-47H. The highest BCUT2D eigenvalue weighted by atomic mass is 15.2. The number of hydrogen-bond donors (Lipinski definition) is 0. The number of rotatable bonds is 9. The Balaban J connectivity index is 1.09. The van der Waals surface area contributed by atoms with E-state index >= 15 is 0 Å². The lowest BCUT2D eigenvalue weighted by Crippen LogP contribution is -2.28. The molecule has 0 atom stereocenters. The lowest BCUT2D eigenvalue weighted by Gasteiger charge is -2.34. The average Bonchev–Trinajstić information content (AvgIpc) is 3.94. The molecule has 0 saturated heterocycles. The van der Waals surface area contributed by atoms with Crippen molar-refractivity contribution in [3.63, 3.8) is 0 Å². The Morgan fingerprint density at radius 1 is 0.292 bits per heavy atom. The molecule has 1 aliphatic rings. The molecule has 1 heterocycles. The highest BCUT2D eigenvalue weighted by Crippen LogP contribution is 2.58. The Bertz CT molecular complexity index is 4070. The van der Waals surface area contributed by atoms with E-state index in [1.807, 2.05) is 0 Å². The van der Waals surface area contributed by atoms with Crippen LogP contribution in [0.2, 0.25) is 0 Å². The summed E-state index contributed by atoms with van der Waals surface area (Å²) in [5.74, 6) is 0. The van der Waals surface area contributed by atoms with Crippen LogP contribution in [0, 0.1) is 0 Å². The monoisotopic (exact) mass is 917 g/mol. The molecule has 14 rings (SSSR count). The third kappa shape index (κ3) is 6.52. The molecule has 72 heavy (non-hydrogen) atoms. The molecular weight excluding hydrogens is 871 g/mol. The molecule has 0 amide bonds. The zero-order valence-electron chi connectivity index (χ0n) is 39.5. The van der Waals surface area contributed by atoms with E-state index in [4.69, 9.17) is 0 Å². The second-order valence-electron chi connectivity index (χ2n) is 18.9. The van der Waals surface area contributed by atoms with E-state index in [1.54, 1.807) is 0 Å². The highest BCUT2D eigenvalue weighted by molar-refractivity contribution is 6.18. The summed E-state index contributed by atoms with van der Waals surface area (Å²) in [7, 11) is 0. The van der Waals surface area contributed by atoms with Crippen molar-refractivity contribution in [2.45, 2.75) is 5.41 Å². The second-order valence-corrected chi connectivity index (χ2v) is 18.9. The topological polar surface area (TPSA) is 11.4 Å². The van der Waals surface area contributed by atoms with E-state index in [-0.39, 0.29) is 0 Å². The molecule has 1 aromatic heterocycles. The van der Waals surface area contributed by atoms with Crippen molar-refractivity contribution in [1.29, 1.82) is 0 Å². The predicted molar refractivity (Wildman–Crippen MR) is 302 cm³/mol. The van der Waals surface area contributed by atoms with E-state index in [9.17, 15) is 0 Å². The van der Waals surface area contributed by atoms with Crippen LogP contribution >= 0.6 is 0 Å². The first-order valence-electron chi connectivity index (χ1n) is 24.8. The molecule has 13 aromatic rings. The van der Waals surface area contributed by atoms with Gasteiger partial charge in [-0.15, -0.1) is 0 Å². The third-order valence-corrected chi connectivity index (χ3v) is 14.9. The van der Waals surface area contributed by atoms with Crippen molar-refractivity contribution in [2.24, 2.45) is 0 Å². The van der Waals surface area contributed by atoms with Crippen LogP contribution in [0.4, 0.5) is 34.1 Å². The smallest absolute Gasteiger partial charge is 0.0713 e. The summed E-state index contributed by atoms with van der Waals surface area (Å²) in [5.41, 5.74) is 16.8. The first kappa shape index (κ1) is 41.5. The van der Waals surface area contributed by atoms with Crippen LogP contribution in [-0.4, -0.2) is 4.57 Å². The molecule has 0 fully saturated rings. The van der Waals surface area contributed by atoms with Gasteiger partial charge in [-0.1, -0.05) is 194 Å². The van der Waals surface area contributed by atoms with Crippen molar-refractivity contribution in [1.82, 2.24) is 4.57 Å². The van der Waals surface area contributed by atoms with Gasteiger partial charge in [0.1, 0.15) is 0 Å². The number of benzene rings is 12. The van der Waals surface area contributed by atoms with Crippen molar-refractivity contribution in [3.05, 3.63) is 307 Å². The summed E-state index contributed by atoms with van der Waals surface area (Å²) in [6, 6.07) is 105. The van der Waals surface area contributed by atoms with Crippen LogP contribution in [0.1, 0.15) is 22.3 Å². The maximum absolute atomic E-state index is 2.47. The number of fused-ring (bicyclic) bond motifs is 8. The van der Waals surface area contributed by atoms with Crippen LogP contribution in [0.3, 0.4) is 0 Å². The second kappa shape index (κ2) is 16.9. The molecule has 1 aliphatic carbocycles. The van der Waals surface area contributed by atoms with Gasteiger partial charge in [0.25, 0.3) is 0 Å². The van der Waals surface area contributed by atoms with Gasteiger partial charge < -0.3 is 14.4 Å². The van der Waals surface area contributed by atoms with E-state index in [2.05, 4.69) is 299 Å². The van der Waals surface area contributed by atoms with Crippen LogP contribution in [-0.2, 0) is 5.41 Å². The Morgan fingerprint density at radius 3 is 1.42 bits per heavy atom. The Morgan fingerprint density at radius 2 is 0.792 bits per heavy atom. The lowest BCUT2D eigenvalue weighted by atomic mass is 9.67. The molecule has 0 radical (unpaired) electrons. The summed E-state index contributed by atoms with van der Waals surface area (Å²) < 4.78 is 2.47. The maximum Gasteiger partial charge on any atom is 0.0713 e. The van der Waals surface area contributed by atoms with Gasteiger partial charge in [-0.25, -0.2) is 0 Å². The van der Waals surface area contributed by atoms with Crippen molar-refractivity contribution in [3.8, 4) is 16.8 Å². The molecule has 12 aromatic carbocycles. The Hall–Kier alpha value is -9.44.